The minimum Gasteiger partial charge on any atom is -0.493 e. The molecule has 2 N–H and O–H groups in total. The first-order valence-corrected chi connectivity index (χ1v) is 7.81. The van der Waals surface area contributed by atoms with Gasteiger partial charge in [-0.1, -0.05) is 12.1 Å². The van der Waals surface area contributed by atoms with Crippen LogP contribution in [0.1, 0.15) is 17.2 Å². The van der Waals surface area contributed by atoms with Gasteiger partial charge in [-0.15, -0.1) is 0 Å². The number of thioether (sulfide) groups is 1. The predicted octanol–water partition coefficient (Wildman–Crippen LogP) is 1.67. The maximum Gasteiger partial charge on any atom is 0.122 e. The lowest BCUT2D eigenvalue weighted by molar-refractivity contribution is 0.223. The van der Waals surface area contributed by atoms with E-state index >= 15 is 0 Å². The summed E-state index contributed by atoms with van der Waals surface area (Å²) in [4.78, 5) is 2.52. The Labute approximate surface area is 113 Å². The molecule has 0 aromatic heterocycles. The van der Waals surface area contributed by atoms with Crippen LogP contribution < -0.4 is 10.5 Å². The van der Waals surface area contributed by atoms with Crippen molar-refractivity contribution in [3.8, 4) is 5.75 Å². The van der Waals surface area contributed by atoms with Gasteiger partial charge in [-0.25, -0.2) is 0 Å². The number of nitrogens with two attached hydrogens (primary N) is 1. The molecule has 18 heavy (non-hydrogen) atoms. The molecule has 1 aromatic carbocycles. The third kappa shape index (κ3) is 2.37. The summed E-state index contributed by atoms with van der Waals surface area (Å²) >= 11 is 2.04. The normalized spacial score (nSPS) is 21.4. The molecule has 1 saturated heterocycles. The van der Waals surface area contributed by atoms with E-state index in [1.165, 1.54) is 22.6 Å². The molecule has 0 spiro atoms. The largest absolute Gasteiger partial charge is 0.493 e. The van der Waals surface area contributed by atoms with E-state index in [0.29, 0.717) is 12.6 Å². The van der Waals surface area contributed by atoms with Crippen LogP contribution in [-0.4, -0.2) is 42.6 Å². The molecule has 4 heteroatoms. The minimum absolute atomic E-state index is 0.372. The topological polar surface area (TPSA) is 38.5 Å². The quantitative estimate of drug-likeness (QED) is 0.901. The summed E-state index contributed by atoms with van der Waals surface area (Å²) in [7, 11) is 0. The van der Waals surface area contributed by atoms with Crippen LogP contribution >= 0.6 is 11.8 Å². The van der Waals surface area contributed by atoms with Crippen molar-refractivity contribution in [1.29, 1.82) is 0 Å². The third-order valence-electron chi connectivity index (χ3n) is 3.81. The molecule has 0 aliphatic carbocycles. The second-order valence-electron chi connectivity index (χ2n) is 4.87. The van der Waals surface area contributed by atoms with Gasteiger partial charge < -0.3 is 10.5 Å². The zero-order valence-electron chi connectivity index (χ0n) is 10.6. The fourth-order valence-corrected chi connectivity index (χ4v) is 3.73. The van der Waals surface area contributed by atoms with Gasteiger partial charge in [-0.3, -0.25) is 4.90 Å². The number of hydrogen-bond donors (Lipinski definition) is 1. The van der Waals surface area contributed by atoms with E-state index < -0.39 is 0 Å². The Balaban J connectivity index is 1.82. The summed E-state index contributed by atoms with van der Waals surface area (Å²) in [5, 5.41) is 0. The maximum atomic E-state index is 6.00. The van der Waals surface area contributed by atoms with Crippen molar-refractivity contribution in [1.82, 2.24) is 4.90 Å². The van der Waals surface area contributed by atoms with Crippen LogP contribution in [0.25, 0.3) is 0 Å². The average molecular weight is 264 g/mol. The zero-order chi connectivity index (χ0) is 12.4. The lowest BCUT2D eigenvalue weighted by Crippen LogP contribution is -2.39. The maximum absolute atomic E-state index is 6.00. The smallest absolute Gasteiger partial charge is 0.122 e. The highest BCUT2D eigenvalue weighted by molar-refractivity contribution is 7.99. The molecule has 0 radical (unpaired) electrons. The number of rotatable bonds is 3. The van der Waals surface area contributed by atoms with Crippen LogP contribution in [0.5, 0.6) is 5.75 Å². The average Bonchev–Trinajstić information content (AvgIpc) is 2.88. The van der Waals surface area contributed by atoms with Gasteiger partial charge >= 0.3 is 0 Å². The number of nitrogens with zero attached hydrogens (tertiary/aromatic N) is 1. The lowest BCUT2D eigenvalue weighted by atomic mass is 10.0. The molecule has 2 aliphatic heterocycles. The van der Waals surface area contributed by atoms with E-state index in [2.05, 4.69) is 23.1 Å². The standard InChI is InChI=1S/C14H20N2OS/c15-10-13(16-4-7-18-8-5-16)11-1-2-14-12(9-11)3-6-17-14/h1-2,9,13H,3-8,10,15H2. The molecule has 0 bridgehead atoms. The van der Waals surface area contributed by atoms with Crippen LogP contribution in [-0.2, 0) is 6.42 Å². The van der Waals surface area contributed by atoms with Crippen molar-refractivity contribution < 1.29 is 4.74 Å². The molecule has 0 amide bonds. The Kier molecular flexibility index (Phi) is 3.77. The van der Waals surface area contributed by atoms with E-state index in [9.17, 15) is 0 Å². The van der Waals surface area contributed by atoms with Crippen LogP contribution in [0.15, 0.2) is 18.2 Å². The lowest BCUT2D eigenvalue weighted by Gasteiger charge is -2.34. The fourth-order valence-electron chi connectivity index (χ4n) is 2.80. The Morgan fingerprint density at radius 3 is 2.94 bits per heavy atom. The van der Waals surface area contributed by atoms with E-state index in [0.717, 1.165) is 31.9 Å². The van der Waals surface area contributed by atoms with Crippen molar-refractivity contribution in [2.45, 2.75) is 12.5 Å². The van der Waals surface area contributed by atoms with Gasteiger partial charge in [-0.05, 0) is 17.2 Å². The molecule has 2 aliphatic rings. The van der Waals surface area contributed by atoms with Crippen molar-refractivity contribution >= 4 is 11.8 Å². The van der Waals surface area contributed by atoms with Gasteiger partial charge in [0.05, 0.1) is 6.61 Å². The first kappa shape index (κ1) is 12.3. The first-order chi connectivity index (χ1) is 8.88. The Morgan fingerprint density at radius 1 is 1.33 bits per heavy atom. The zero-order valence-corrected chi connectivity index (χ0v) is 11.4. The number of ether oxygens (including phenoxy) is 1. The van der Waals surface area contributed by atoms with Gasteiger partial charge in [0.1, 0.15) is 5.75 Å². The highest BCUT2D eigenvalue weighted by atomic mass is 32.2. The summed E-state index contributed by atoms with van der Waals surface area (Å²) in [6.45, 7) is 3.83. The van der Waals surface area contributed by atoms with Crippen molar-refractivity contribution in [2.24, 2.45) is 5.73 Å². The van der Waals surface area contributed by atoms with Crippen LogP contribution in [0.3, 0.4) is 0 Å². The molecule has 1 fully saturated rings. The second kappa shape index (κ2) is 5.51. The number of benzene rings is 1. The van der Waals surface area contributed by atoms with Crippen molar-refractivity contribution in [2.75, 3.05) is 37.7 Å². The first-order valence-electron chi connectivity index (χ1n) is 6.66. The fraction of sp³-hybridized carbons (Fsp3) is 0.571. The van der Waals surface area contributed by atoms with Gasteiger partial charge in [-0.2, -0.15) is 11.8 Å². The molecule has 1 unspecified atom stereocenters. The van der Waals surface area contributed by atoms with Gasteiger partial charge in [0.2, 0.25) is 0 Å². The van der Waals surface area contributed by atoms with E-state index in [-0.39, 0.29) is 0 Å². The molecule has 3 nitrogen and oxygen atoms in total. The minimum atomic E-state index is 0.372. The summed E-state index contributed by atoms with van der Waals surface area (Å²) < 4.78 is 5.56. The number of hydrogen-bond acceptors (Lipinski definition) is 4. The molecule has 1 atom stereocenters. The summed E-state index contributed by atoms with van der Waals surface area (Å²) in [5.41, 5.74) is 8.70. The Bertz CT molecular complexity index is 418. The van der Waals surface area contributed by atoms with Gasteiger partial charge in [0.25, 0.3) is 0 Å². The van der Waals surface area contributed by atoms with E-state index in [1.54, 1.807) is 0 Å². The van der Waals surface area contributed by atoms with Crippen molar-refractivity contribution in [3.05, 3.63) is 29.3 Å². The predicted molar refractivity (Wildman–Crippen MR) is 76.3 cm³/mol. The van der Waals surface area contributed by atoms with E-state index in [1.807, 2.05) is 11.8 Å². The molecule has 0 saturated carbocycles. The summed E-state index contributed by atoms with van der Waals surface area (Å²) in [5.74, 6) is 3.51. The Hall–Kier alpha value is -0.710. The summed E-state index contributed by atoms with van der Waals surface area (Å²) in [6, 6.07) is 6.96. The summed E-state index contributed by atoms with van der Waals surface area (Å²) in [6.07, 6.45) is 1.04. The van der Waals surface area contributed by atoms with Crippen LogP contribution in [0.4, 0.5) is 0 Å². The molecular formula is C14H20N2OS. The van der Waals surface area contributed by atoms with Gasteiger partial charge in [0.15, 0.2) is 0 Å². The molecule has 3 rings (SSSR count). The van der Waals surface area contributed by atoms with Gasteiger partial charge in [0, 0.05) is 43.6 Å². The Morgan fingerprint density at radius 2 is 2.17 bits per heavy atom. The van der Waals surface area contributed by atoms with Crippen molar-refractivity contribution in [3.63, 3.8) is 0 Å². The molecule has 2 heterocycles. The monoisotopic (exact) mass is 264 g/mol. The number of fused-ring (bicyclic) bond motifs is 1. The molecule has 1 aromatic rings. The second-order valence-corrected chi connectivity index (χ2v) is 6.09. The third-order valence-corrected chi connectivity index (χ3v) is 4.75. The van der Waals surface area contributed by atoms with Crippen LogP contribution in [0.2, 0.25) is 0 Å². The highest BCUT2D eigenvalue weighted by Crippen LogP contribution is 2.30. The van der Waals surface area contributed by atoms with Crippen LogP contribution in [0, 0.1) is 0 Å². The SMILES string of the molecule is NCC(c1ccc2c(c1)CCO2)N1CCSCC1. The highest BCUT2D eigenvalue weighted by Gasteiger charge is 2.22. The molecule has 98 valence electrons. The van der Waals surface area contributed by atoms with E-state index in [4.69, 9.17) is 10.5 Å². The molecular weight excluding hydrogens is 244 g/mol.